The van der Waals surface area contributed by atoms with Crippen molar-refractivity contribution in [3.63, 3.8) is 0 Å². The quantitative estimate of drug-likeness (QED) is 0.817. The Morgan fingerprint density at radius 2 is 1.95 bits per heavy atom. The van der Waals surface area contributed by atoms with Gasteiger partial charge in [-0.2, -0.15) is 0 Å². The molecular weight excluding hydrogens is 350 g/mol. The molecule has 0 aliphatic rings. The smallest absolute Gasteiger partial charge is 0.342 e. The van der Waals surface area contributed by atoms with E-state index in [0.29, 0.717) is 5.69 Å². The van der Waals surface area contributed by atoms with Crippen LogP contribution in [0.15, 0.2) is 46.9 Å². The minimum Gasteiger partial charge on any atom is -0.507 e. The maximum atomic E-state index is 11.8. The zero-order valence-electron chi connectivity index (χ0n) is 11.8. The Morgan fingerprint density at radius 3 is 2.64 bits per heavy atom. The molecule has 0 aliphatic heterocycles. The van der Waals surface area contributed by atoms with Crippen molar-refractivity contribution in [1.82, 2.24) is 0 Å². The van der Waals surface area contributed by atoms with Crippen LogP contribution >= 0.6 is 15.9 Å². The Bertz CT molecular complexity index is 715. The topological polar surface area (TPSA) is 75.6 Å². The number of ether oxygens (including phenoxy) is 1. The average Bonchev–Trinajstić information content (AvgIpc) is 2.47. The summed E-state index contributed by atoms with van der Waals surface area (Å²) in [5.74, 6) is -1.39. The predicted octanol–water partition coefficient (Wildman–Crippen LogP) is 3.26. The summed E-state index contributed by atoms with van der Waals surface area (Å²) < 4.78 is 5.62. The maximum absolute atomic E-state index is 11.8. The highest BCUT2D eigenvalue weighted by molar-refractivity contribution is 9.10. The summed E-state index contributed by atoms with van der Waals surface area (Å²) in [5, 5.41) is 12.3. The molecule has 0 heterocycles. The Morgan fingerprint density at radius 1 is 1.23 bits per heavy atom. The first kappa shape index (κ1) is 16.0. The number of benzene rings is 2. The molecule has 0 fully saturated rings. The lowest BCUT2D eigenvalue weighted by atomic mass is 10.1. The van der Waals surface area contributed by atoms with E-state index in [1.807, 2.05) is 6.07 Å². The Labute approximate surface area is 136 Å². The highest BCUT2D eigenvalue weighted by Crippen LogP contribution is 2.21. The molecule has 0 radical (unpaired) electrons. The third-order valence-electron chi connectivity index (χ3n) is 2.86. The number of anilines is 1. The van der Waals surface area contributed by atoms with Crippen molar-refractivity contribution in [2.45, 2.75) is 6.92 Å². The molecule has 0 saturated carbocycles. The number of halogens is 1. The van der Waals surface area contributed by atoms with Crippen molar-refractivity contribution in [1.29, 1.82) is 0 Å². The lowest BCUT2D eigenvalue weighted by Crippen LogP contribution is -2.21. The van der Waals surface area contributed by atoms with Gasteiger partial charge >= 0.3 is 5.97 Å². The Kier molecular flexibility index (Phi) is 5.16. The summed E-state index contributed by atoms with van der Waals surface area (Å²) in [6, 6.07) is 11.7. The number of aryl methyl sites for hydroxylation is 1. The van der Waals surface area contributed by atoms with Crippen LogP contribution < -0.4 is 5.32 Å². The van der Waals surface area contributed by atoms with Crippen molar-refractivity contribution in [3.05, 3.63) is 58.1 Å². The molecule has 114 valence electrons. The number of hydrogen-bond acceptors (Lipinski definition) is 4. The largest absolute Gasteiger partial charge is 0.507 e. The molecule has 2 aromatic carbocycles. The van der Waals surface area contributed by atoms with Crippen LogP contribution in [0.25, 0.3) is 0 Å². The predicted molar refractivity (Wildman–Crippen MR) is 85.9 cm³/mol. The number of esters is 1. The van der Waals surface area contributed by atoms with E-state index >= 15 is 0 Å². The molecule has 0 spiro atoms. The number of para-hydroxylation sites is 1. The van der Waals surface area contributed by atoms with E-state index < -0.39 is 18.5 Å². The molecule has 6 heteroatoms. The molecule has 0 atom stereocenters. The van der Waals surface area contributed by atoms with Gasteiger partial charge in [-0.05, 0) is 52.7 Å². The molecule has 0 bridgehead atoms. The summed E-state index contributed by atoms with van der Waals surface area (Å²) in [4.78, 5) is 23.6. The highest BCUT2D eigenvalue weighted by Gasteiger charge is 2.14. The van der Waals surface area contributed by atoms with Crippen molar-refractivity contribution < 1.29 is 19.4 Å². The van der Waals surface area contributed by atoms with E-state index in [1.54, 1.807) is 31.2 Å². The molecule has 2 rings (SSSR count). The van der Waals surface area contributed by atoms with Gasteiger partial charge in [0.05, 0.1) is 5.69 Å². The first-order chi connectivity index (χ1) is 10.5. The van der Waals surface area contributed by atoms with Gasteiger partial charge in [0.1, 0.15) is 11.3 Å². The van der Waals surface area contributed by atoms with Crippen LogP contribution in [0.4, 0.5) is 5.69 Å². The average molecular weight is 364 g/mol. The molecule has 0 unspecified atom stereocenters. The summed E-state index contributed by atoms with van der Waals surface area (Å²) in [6.45, 7) is 1.35. The SMILES string of the molecule is Cc1ccc(C(=O)OCC(=O)Nc2ccccc2Br)c(O)c1. The van der Waals surface area contributed by atoms with Gasteiger partial charge in [-0.15, -0.1) is 0 Å². The Balaban J connectivity index is 1.93. The van der Waals surface area contributed by atoms with E-state index in [9.17, 15) is 14.7 Å². The van der Waals surface area contributed by atoms with Crippen molar-refractivity contribution in [2.75, 3.05) is 11.9 Å². The van der Waals surface area contributed by atoms with Crippen LogP contribution in [0.5, 0.6) is 5.75 Å². The van der Waals surface area contributed by atoms with Gasteiger partial charge in [0.25, 0.3) is 5.91 Å². The van der Waals surface area contributed by atoms with Crippen LogP contribution in [0.2, 0.25) is 0 Å². The number of amides is 1. The van der Waals surface area contributed by atoms with E-state index in [4.69, 9.17) is 4.74 Å². The number of nitrogens with one attached hydrogen (secondary N) is 1. The summed E-state index contributed by atoms with van der Waals surface area (Å²) in [7, 11) is 0. The molecule has 22 heavy (non-hydrogen) atoms. The fourth-order valence-electron chi connectivity index (χ4n) is 1.77. The summed E-state index contributed by atoms with van der Waals surface area (Å²) >= 11 is 3.30. The number of hydrogen-bond donors (Lipinski definition) is 2. The molecule has 2 aromatic rings. The number of carbonyl (C=O) groups excluding carboxylic acids is 2. The van der Waals surface area contributed by atoms with Gasteiger partial charge in [0, 0.05) is 4.47 Å². The van der Waals surface area contributed by atoms with Crippen LogP contribution in [0.1, 0.15) is 15.9 Å². The first-order valence-corrected chi connectivity index (χ1v) is 7.28. The maximum Gasteiger partial charge on any atom is 0.342 e. The molecule has 0 saturated heterocycles. The fourth-order valence-corrected chi connectivity index (χ4v) is 2.16. The minimum absolute atomic E-state index is 0.0271. The van der Waals surface area contributed by atoms with Crippen LogP contribution in [0.3, 0.4) is 0 Å². The monoisotopic (exact) mass is 363 g/mol. The van der Waals surface area contributed by atoms with Crippen molar-refractivity contribution in [2.24, 2.45) is 0 Å². The number of phenolic OH excluding ortho intramolecular Hbond substituents is 1. The molecule has 0 aromatic heterocycles. The lowest BCUT2D eigenvalue weighted by Gasteiger charge is -2.09. The zero-order chi connectivity index (χ0) is 16.1. The molecular formula is C16H14BrNO4. The zero-order valence-corrected chi connectivity index (χ0v) is 13.4. The third kappa shape index (κ3) is 4.08. The van der Waals surface area contributed by atoms with Gasteiger partial charge in [-0.1, -0.05) is 18.2 Å². The normalized spacial score (nSPS) is 10.1. The van der Waals surface area contributed by atoms with Crippen LogP contribution in [-0.2, 0) is 9.53 Å². The van der Waals surface area contributed by atoms with Gasteiger partial charge in [-0.3, -0.25) is 4.79 Å². The van der Waals surface area contributed by atoms with Crippen molar-refractivity contribution in [3.8, 4) is 5.75 Å². The van der Waals surface area contributed by atoms with Crippen LogP contribution in [-0.4, -0.2) is 23.6 Å². The fraction of sp³-hybridized carbons (Fsp3) is 0.125. The summed E-state index contributed by atoms with van der Waals surface area (Å²) in [6.07, 6.45) is 0. The second-order valence-electron chi connectivity index (χ2n) is 4.62. The first-order valence-electron chi connectivity index (χ1n) is 6.48. The molecule has 2 N–H and O–H groups in total. The second-order valence-corrected chi connectivity index (χ2v) is 5.48. The number of aromatic hydroxyl groups is 1. The number of carbonyl (C=O) groups is 2. The van der Waals surface area contributed by atoms with Gasteiger partial charge in [-0.25, -0.2) is 4.79 Å². The van der Waals surface area contributed by atoms with Gasteiger partial charge in [0.2, 0.25) is 0 Å². The molecule has 5 nitrogen and oxygen atoms in total. The molecule has 1 amide bonds. The van der Waals surface area contributed by atoms with E-state index in [-0.39, 0.29) is 11.3 Å². The number of rotatable bonds is 4. The lowest BCUT2D eigenvalue weighted by molar-refractivity contribution is -0.119. The van der Waals surface area contributed by atoms with Crippen LogP contribution in [0, 0.1) is 6.92 Å². The number of phenols is 1. The standard InChI is InChI=1S/C16H14BrNO4/c1-10-6-7-11(14(19)8-10)16(21)22-9-15(20)18-13-5-3-2-4-12(13)17/h2-8,19H,9H2,1H3,(H,18,20). The second kappa shape index (κ2) is 7.09. The van der Waals surface area contributed by atoms with E-state index in [1.165, 1.54) is 12.1 Å². The van der Waals surface area contributed by atoms with Gasteiger partial charge < -0.3 is 15.2 Å². The molecule has 0 aliphatic carbocycles. The van der Waals surface area contributed by atoms with Gasteiger partial charge in [0.15, 0.2) is 6.61 Å². The van der Waals surface area contributed by atoms with Crippen molar-refractivity contribution >= 4 is 33.5 Å². The summed E-state index contributed by atoms with van der Waals surface area (Å²) in [5.41, 5.74) is 1.43. The highest BCUT2D eigenvalue weighted by atomic mass is 79.9. The minimum atomic E-state index is -0.750. The Hall–Kier alpha value is -2.34. The van der Waals surface area contributed by atoms with E-state index in [2.05, 4.69) is 21.2 Å². The third-order valence-corrected chi connectivity index (χ3v) is 3.55. The van der Waals surface area contributed by atoms with E-state index in [0.717, 1.165) is 10.0 Å².